The first-order valence-electron chi connectivity index (χ1n) is 7.62. The molecule has 0 atom stereocenters. The smallest absolute Gasteiger partial charge is 0.251 e. The van der Waals surface area contributed by atoms with Crippen LogP contribution < -0.4 is 14.8 Å². The van der Waals surface area contributed by atoms with Gasteiger partial charge in [0.05, 0.1) is 14.2 Å². The first-order valence-corrected chi connectivity index (χ1v) is 7.62. The number of nitrogens with one attached hydrogen (secondary N) is 1. The molecule has 0 bridgehead atoms. The van der Waals surface area contributed by atoms with Gasteiger partial charge in [0.1, 0.15) is 0 Å². The Hall–Kier alpha value is -3.09. The maximum atomic E-state index is 12.1. The van der Waals surface area contributed by atoms with Crippen LogP contribution in [0.15, 0.2) is 24.3 Å². The van der Waals surface area contributed by atoms with Crippen molar-refractivity contribution in [3.8, 4) is 28.7 Å². The summed E-state index contributed by atoms with van der Waals surface area (Å²) in [6.07, 6.45) is 0.563. The predicted octanol–water partition coefficient (Wildman–Crippen LogP) is 2.10. The molecule has 0 aliphatic rings. The highest BCUT2D eigenvalue weighted by molar-refractivity contribution is 5.95. The number of carbonyl (C=O) groups excluding carboxylic acids is 1. The molecule has 0 fully saturated rings. The van der Waals surface area contributed by atoms with Gasteiger partial charge < -0.3 is 30.1 Å². The van der Waals surface area contributed by atoms with Gasteiger partial charge in [-0.25, -0.2) is 0 Å². The van der Waals surface area contributed by atoms with E-state index in [2.05, 4.69) is 5.32 Å². The zero-order valence-electron chi connectivity index (χ0n) is 14.3. The molecule has 0 spiro atoms. The summed E-state index contributed by atoms with van der Waals surface area (Å²) in [5, 5.41) is 30.9. The van der Waals surface area contributed by atoms with E-state index in [4.69, 9.17) is 9.47 Å². The lowest BCUT2D eigenvalue weighted by molar-refractivity contribution is 0.0953. The van der Waals surface area contributed by atoms with Crippen molar-refractivity contribution in [2.75, 3.05) is 20.8 Å². The van der Waals surface area contributed by atoms with Gasteiger partial charge in [0, 0.05) is 12.1 Å². The third-order valence-corrected chi connectivity index (χ3v) is 3.85. The molecule has 0 heterocycles. The molecule has 2 aromatic carbocycles. The molecule has 0 unspecified atom stereocenters. The van der Waals surface area contributed by atoms with Crippen LogP contribution in [0.25, 0.3) is 0 Å². The molecule has 1 amide bonds. The molecule has 2 aromatic rings. The van der Waals surface area contributed by atoms with Crippen molar-refractivity contribution in [2.24, 2.45) is 0 Å². The van der Waals surface area contributed by atoms with Crippen LogP contribution >= 0.6 is 0 Å². The Morgan fingerprint density at radius 3 is 2.12 bits per heavy atom. The molecule has 4 N–H and O–H groups in total. The fourth-order valence-corrected chi connectivity index (χ4v) is 2.44. The molecule has 25 heavy (non-hydrogen) atoms. The summed E-state index contributed by atoms with van der Waals surface area (Å²) in [5.41, 5.74) is 2.05. The van der Waals surface area contributed by atoms with E-state index in [-0.39, 0.29) is 5.56 Å². The zero-order chi connectivity index (χ0) is 18.6. The maximum Gasteiger partial charge on any atom is 0.251 e. The topological polar surface area (TPSA) is 108 Å². The van der Waals surface area contributed by atoms with Crippen molar-refractivity contribution in [2.45, 2.75) is 13.3 Å². The molecule has 7 nitrogen and oxygen atoms in total. The van der Waals surface area contributed by atoms with Gasteiger partial charge >= 0.3 is 0 Å². The van der Waals surface area contributed by atoms with Crippen molar-refractivity contribution in [1.29, 1.82) is 0 Å². The number of hydrogen-bond acceptors (Lipinski definition) is 6. The van der Waals surface area contributed by atoms with Crippen LogP contribution in [0.4, 0.5) is 0 Å². The minimum Gasteiger partial charge on any atom is -0.504 e. The van der Waals surface area contributed by atoms with Crippen LogP contribution in [0.3, 0.4) is 0 Å². The van der Waals surface area contributed by atoms with Crippen LogP contribution in [-0.4, -0.2) is 42.0 Å². The fraction of sp³-hybridized carbons (Fsp3) is 0.278. The molecule has 0 saturated heterocycles. The molecule has 7 heteroatoms. The molecule has 0 saturated carbocycles. The highest BCUT2D eigenvalue weighted by atomic mass is 16.5. The lowest BCUT2D eigenvalue weighted by atomic mass is 10.0. The highest BCUT2D eigenvalue weighted by Gasteiger charge is 2.14. The second-order valence-corrected chi connectivity index (χ2v) is 5.50. The first-order chi connectivity index (χ1) is 11.9. The molecular formula is C18H21NO6. The number of phenols is 3. The molecule has 0 aromatic heterocycles. The maximum absolute atomic E-state index is 12.1. The van der Waals surface area contributed by atoms with Gasteiger partial charge in [-0.3, -0.25) is 4.79 Å². The third-order valence-electron chi connectivity index (χ3n) is 3.85. The summed E-state index contributed by atoms with van der Waals surface area (Å²) in [4.78, 5) is 12.1. The number of amides is 1. The van der Waals surface area contributed by atoms with Gasteiger partial charge in [-0.2, -0.15) is 0 Å². The zero-order valence-corrected chi connectivity index (χ0v) is 14.3. The Morgan fingerprint density at radius 1 is 1.00 bits per heavy atom. The van der Waals surface area contributed by atoms with E-state index in [1.807, 2.05) is 19.1 Å². The highest BCUT2D eigenvalue weighted by Crippen LogP contribution is 2.35. The molecule has 0 radical (unpaired) electrons. The van der Waals surface area contributed by atoms with Gasteiger partial charge in [0.25, 0.3) is 5.91 Å². The number of methoxy groups -OCH3 is 2. The monoisotopic (exact) mass is 347 g/mol. The average molecular weight is 347 g/mol. The minimum absolute atomic E-state index is 0.0526. The Kier molecular flexibility index (Phi) is 5.59. The number of aromatic hydroxyl groups is 3. The van der Waals surface area contributed by atoms with Crippen molar-refractivity contribution in [3.63, 3.8) is 0 Å². The van der Waals surface area contributed by atoms with Crippen LogP contribution in [0.5, 0.6) is 28.7 Å². The normalized spacial score (nSPS) is 10.4. The standard InChI is InChI=1S/C18H21NO6/c1-10-6-15(24-2)16(25-3)9-11(10)4-5-19-18(23)12-7-13(20)17(22)14(21)8-12/h6-9,20-22H,4-5H2,1-3H3,(H,19,23). The van der Waals surface area contributed by atoms with Gasteiger partial charge in [-0.05, 0) is 48.7 Å². The largest absolute Gasteiger partial charge is 0.504 e. The summed E-state index contributed by atoms with van der Waals surface area (Å²) < 4.78 is 10.5. The van der Waals surface area contributed by atoms with E-state index >= 15 is 0 Å². The summed E-state index contributed by atoms with van der Waals surface area (Å²) >= 11 is 0. The number of benzene rings is 2. The van der Waals surface area contributed by atoms with Crippen LogP contribution in [0.2, 0.25) is 0 Å². The van der Waals surface area contributed by atoms with Gasteiger partial charge in [0.2, 0.25) is 0 Å². The second kappa shape index (κ2) is 7.65. The Labute approximate surface area is 145 Å². The Balaban J connectivity index is 2.04. The van der Waals surface area contributed by atoms with Crippen molar-refractivity contribution in [1.82, 2.24) is 5.32 Å². The summed E-state index contributed by atoms with van der Waals surface area (Å²) in [6, 6.07) is 5.91. The van der Waals surface area contributed by atoms with E-state index in [0.29, 0.717) is 24.5 Å². The lowest BCUT2D eigenvalue weighted by Crippen LogP contribution is -2.25. The molecular weight excluding hydrogens is 326 g/mol. The van der Waals surface area contributed by atoms with E-state index < -0.39 is 23.2 Å². The third kappa shape index (κ3) is 4.06. The quantitative estimate of drug-likeness (QED) is 0.596. The second-order valence-electron chi connectivity index (χ2n) is 5.50. The summed E-state index contributed by atoms with van der Waals surface area (Å²) in [7, 11) is 3.13. The number of rotatable bonds is 6. The SMILES string of the molecule is COc1cc(C)c(CCNC(=O)c2cc(O)c(O)c(O)c2)cc1OC. The fourth-order valence-electron chi connectivity index (χ4n) is 2.44. The van der Waals surface area contributed by atoms with Crippen LogP contribution in [0.1, 0.15) is 21.5 Å². The van der Waals surface area contributed by atoms with E-state index in [1.54, 1.807) is 14.2 Å². The summed E-state index contributed by atoms with van der Waals surface area (Å²) in [5.74, 6) is -0.978. The molecule has 0 aliphatic carbocycles. The number of carbonyl (C=O) groups is 1. The lowest BCUT2D eigenvalue weighted by Gasteiger charge is -2.13. The Bertz CT molecular complexity index is 764. The van der Waals surface area contributed by atoms with Gasteiger partial charge in [-0.1, -0.05) is 0 Å². The van der Waals surface area contributed by atoms with Crippen molar-refractivity contribution < 1.29 is 29.6 Å². The van der Waals surface area contributed by atoms with E-state index in [0.717, 1.165) is 23.3 Å². The number of aryl methyl sites for hydroxylation is 1. The molecule has 134 valence electrons. The van der Waals surface area contributed by atoms with Gasteiger partial charge in [-0.15, -0.1) is 0 Å². The number of hydrogen-bond donors (Lipinski definition) is 4. The molecule has 0 aliphatic heterocycles. The van der Waals surface area contributed by atoms with E-state index in [9.17, 15) is 20.1 Å². The Morgan fingerprint density at radius 2 is 1.56 bits per heavy atom. The van der Waals surface area contributed by atoms with Gasteiger partial charge in [0.15, 0.2) is 28.7 Å². The first kappa shape index (κ1) is 18.3. The predicted molar refractivity (Wildman–Crippen MR) is 91.8 cm³/mol. The van der Waals surface area contributed by atoms with Crippen molar-refractivity contribution >= 4 is 5.91 Å². The number of ether oxygens (including phenoxy) is 2. The van der Waals surface area contributed by atoms with Crippen LogP contribution in [0, 0.1) is 6.92 Å². The minimum atomic E-state index is -0.655. The van der Waals surface area contributed by atoms with Crippen LogP contribution in [-0.2, 0) is 6.42 Å². The molecule has 2 rings (SSSR count). The summed E-state index contributed by atoms with van der Waals surface area (Å²) in [6.45, 7) is 2.28. The van der Waals surface area contributed by atoms with Crippen molar-refractivity contribution in [3.05, 3.63) is 41.0 Å². The van der Waals surface area contributed by atoms with E-state index in [1.165, 1.54) is 0 Å². The number of phenolic OH excluding ortho intramolecular Hbond substituents is 3. The average Bonchev–Trinajstić information content (AvgIpc) is 2.59.